The van der Waals surface area contributed by atoms with Crippen LogP contribution in [-0.2, 0) is 6.54 Å². The van der Waals surface area contributed by atoms with E-state index in [1.807, 2.05) is 18.4 Å². The molecule has 3 nitrogen and oxygen atoms in total. The normalized spacial score (nSPS) is 10.6. The van der Waals surface area contributed by atoms with E-state index < -0.39 is 0 Å². The second-order valence-electron chi connectivity index (χ2n) is 3.27. The number of rotatable bonds is 2. The van der Waals surface area contributed by atoms with Crippen LogP contribution in [0.15, 0.2) is 34.7 Å². The monoisotopic (exact) mass is 206 g/mol. The summed E-state index contributed by atoms with van der Waals surface area (Å²) in [6.07, 6.45) is 1.58. The van der Waals surface area contributed by atoms with E-state index in [1.165, 1.54) is 11.3 Å². The summed E-state index contributed by atoms with van der Waals surface area (Å²) in [5, 5.41) is 2.57. The second kappa shape index (κ2) is 3.38. The number of hydrogen-bond donors (Lipinski definition) is 0. The van der Waals surface area contributed by atoms with Crippen LogP contribution in [-0.4, -0.2) is 9.55 Å². The predicted molar refractivity (Wildman–Crippen MR) is 58.7 cm³/mol. The first kappa shape index (κ1) is 9.15. The van der Waals surface area contributed by atoms with Crippen LogP contribution in [0.25, 0.3) is 10.2 Å². The zero-order valence-corrected chi connectivity index (χ0v) is 8.67. The molecule has 2 aromatic heterocycles. The molecule has 0 atom stereocenters. The molecule has 72 valence electrons. The molecule has 0 aliphatic heterocycles. The molecule has 0 saturated heterocycles. The quantitative estimate of drug-likeness (QED) is 0.705. The zero-order chi connectivity index (χ0) is 10.1. The van der Waals surface area contributed by atoms with Gasteiger partial charge in [0.2, 0.25) is 0 Å². The summed E-state index contributed by atoms with van der Waals surface area (Å²) in [5.74, 6) is 0. The second-order valence-corrected chi connectivity index (χ2v) is 4.17. The molecule has 0 aliphatic rings. The van der Waals surface area contributed by atoms with E-state index in [0.717, 1.165) is 10.4 Å². The van der Waals surface area contributed by atoms with Gasteiger partial charge in [0.25, 0.3) is 5.56 Å². The minimum Gasteiger partial charge on any atom is -0.295 e. The van der Waals surface area contributed by atoms with Gasteiger partial charge in [-0.1, -0.05) is 12.2 Å². The van der Waals surface area contributed by atoms with Gasteiger partial charge in [0.1, 0.15) is 4.83 Å². The lowest BCUT2D eigenvalue weighted by molar-refractivity contribution is 0.739. The van der Waals surface area contributed by atoms with Crippen molar-refractivity contribution in [1.82, 2.24) is 9.55 Å². The molecule has 0 unspecified atom stereocenters. The van der Waals surface area contributed by atoms with Crippen LogP contribution in [0, 0.1) is 0 Å². The molecule has 14 heavy (non-hydrogen) atoms. The Hall–Kier alpha value is -1.42. The van der Waals surface area contributed by atoms with E-state index in [1.54, 1.807) is 10.9 Å². The van der Waals surface area contributed by atoms with Gasteiger partial charge in [-0.15, -0.1) is 11.3 Å². The highest BCUT2D eigenvalue weighted by molar-refractivity contribution is 7.16. The molecular formula is C10H10N2OS. The maximum absolute atomic E-state index is 11.8. The fraction of sp³-hybridized carbons (Fsp3) is 0.200. The lowest BCUT2D eigenvalue weighted by Crippen LogP contribution is -2.20. The van der Waals surface area contributed by atoms with Crippen LogP contribution in [0.4, 0.5) is 0 Å². The van der Waals surface area contributed by atoms with E-state index >= 15 is 0 Å². The maximum atomic E-state index is 11.8. The SMILES string of the molecule is C=C(C)Cn1cnc2sccc2c1=O. The highest BCUT2D eigenvalue weighted by atomic mass is 32.1. The highest BCUT2D eigenvalue weighted by Gasteiger charge is 2.04. The van der Waals surface area contributed by atoms with Crippen molar-refractivity contribution < 1.29 is 0 Å². The van der Waals surface area contributed by atoms with Crippen molar-refractivity contribution >= 4 is 21.6 Å². The molecule has 0 aliphatic carbocycles. The Morgan fingerprint density at radius 1 is 1.71 bits per heavy atom. The summed E-state index contributed by atoms with van der Waals surface area (Å²) in [5.41, 5.74) is 0.961. The van der Waals surface area contributed by atoms with Gasteiger partial charge in [0, 0.05) is 6.54 Å². The molecule has 0 spiro atoms. The van der Waals surface area contributed by atoms with Crippen molar-refractivity contribution in [3.63, 3.8) is 0 Å². The molecule has 0 radical (unpaired) electrons. The zero-order valence-electron chi connectivity index (χ0n) is 7.86. The number of hydrogen-bond acceptors (Lipinski definition) is 3. The topological polar surface area (TPSA) is 34.9 Å². The Balaban J connectivity index is 2.62. The van der Waals surface area contributed by atoms with Crippen molar-refractivity contribution in [1.29, 1.82) is 0 Å². The van der Waals surface area contributed by atoms with Gasteiger partial charge >= 0.3 is 0 Å². The molecule has 0 N–H and O–H groups in total. The van der Waals surface area contributed by atoms with E-state index in [2.05, 4.69) is 11.6 Å². The number of nitrogens with zero attached hydrogens (tertiary/aromatic N) is 2. The predicted octanol–water partition coefficient (Wildman–Crippen LogP) is 2.03. The van der Waals surface area contributed by atoms with Crippen LogP contribution in [0.2, 0.25) is 0 Å². The summed E-state index contributed by atoms with van der Waals surface area (Å²) in [6.45, 7) is 6.21. The Labute approximate surface area is 85.3 Å². The van der Waals surface area contributed by atoms with Gasteiger partial charge in [0.05, 0.1) is 11.7 Å². The molecule has 0 fully saturated rings. The van der Waals surface area contributed by atoms with E-state index in [4.69, 9.17) is 0 Å². The first-order valence-electron chi connectivity index (χ1n) is 4.25. The summed E-state index contributed by atoms with van der Waals surface area (Å²) < 4.78 is 1.58. The molecular weight excluding hydrogens is 196 g/mol. The standard InChI is InChI=1S/C10H10N2OS/c1-7(2)5-12-6-11-9-8(10(12)13)3-4-14-9/h3-4,6H,1,5H2,2H3. The average molecular weight is 206 g/mol. The molecule has 2 rings (SSSR count). The summed E-state index contributed by atoms with van der Waals surface area (Å²) in [4.78, 5) is 16.8. The van der Waals surface area contributed by atoms with Crippen LogP contribution >= 0.6 is 11.3 Å². The number of thiophene rings is 1. The number of fused-ring (bicyclic) bond motifs is 1. The number of aromatic nitrogens is 2. The Kier molecular flexibility index (Phi) is 2.21. The van der Waals surface area contributed by atoms with Crippen LogP contribution in [0.5, 0.6) is 0 Å². The van der Waals surface area contributed by atoms with Crippen molar-refractivity contribution in [3.05, 3.63) is 40.3 Å². The van der Waals surface area contributed by atoms with Gasteiger partial charge in [-0.2, -0.15) is 0 Å². The van der Waals surface area contributed by atoms with E-state index in [9.17, 15) is 4.79 Å². The van der Waals surface area contributed by atoms with Gasteiger partial charge < -0.3 is 0 Å². The van der Waals surface area contributed by atoms with Gasteiger partial charge in [-0.25, -0.2) is 4.98 Å². The fourth-order valence-corrected chi connectivity index (χ4v) is 2.02. The summed E-state index contributed by atoms with van der Waals surface area (Å²) in [6, 6.07) is 1.81. The van der Waals surface area contributed by atoms with Gasteiger partial charge in [0.15, 0.2) is 0 Å². The lowest BCUT2D eigenvalue weighted by Gasteiger charge is -2.03. The van der Waals surface area contributed by atoms with Crippen molar-refractivity contribution in [2.24, 2.45) is 0 Å². The first-order valence-corrected chi connectivity index (χ1v) is 5.13. The molecule has 0 aromatic carbocycles. The third kappa shape index (κ3) is 1.48. The first-order chi connectivity index (χ1) is 6.68. The largest absolute Gasteiger partial charge is 0.295 e. The Morgan fingerprint density at radius 3 is 3.21 bits per heavy atom. The maximum Gasteiger partial charge on any atom is 0.262 e. The number of allylic oxidation sites excluding steroid dienone is 1. The van der Waals surface area contributed by atoms with Gasteiger partial charge in [-0.3, -0.25) is 9.36 Å². The Bertz CT molecular complexity index is 538. The van der Waals surface area contributed by atoms with Crippen molar-refractivity contribution in [3.8, 4) is 0 Å². The smallest absolute Gasteiger partial charge is 0.262 e. The fourth-order valence-electron chi connectivity index (χ4n) is 1.30. The highest BCUT2D eigenvalue weighted by Crippen LogP contribution is 2.13. The van der Waals surface area contributed by atoms with Crippen LogP contribution < -0.4 is 5.56 Å². The van der Waals surface area contributed by atoms with Crippen molar-refractivity contribution in [2.45, 2.75) is 13.5 Å². The molecule has 2 aromatic rings. The van der Waals surface area contributed by atoms with Crippen LogP contribution in [0.1, 0.15) is 6.92 Å². The van der Waals surface area contributed by atoms with E-state index in [0.29, 0.717) is 11.9 Å². The summed E-state index contributed by atoms with van der Waals surface area (Å²) >= 11 is 1.48. The third-order valence-corrected chi connectivity index (χ3v) is 2.71. The minimum absolute atomic E-state index is 0.0132. The van der Waals surface area contributed by atoms with Crippen molar-refractivity contribution in [2.75, 3.05) is 0 Å². The lowest BCUT2D eigenvalue weighted by atomic mass is 10.3. The molecule has 2 heterocycles. The molecule has 0 amide bonds. The van der Waals surface area contributed by atoms with E-state index in [-0.39, 0.29) is 5.56 Å². The summed E-state index contributed by atoms with van der Waals surface area (Å²) in [7, 11) is 0. The van der Waals surface area contributed by atoms with Gasteiger partial charge in [-0.05, 0) is 18.4 Å². The average Bonchev–Trinajstić information content (AvgIpc) is 2.57. The molecule has 0 saturated carbocycles. The third-order valence-electron chi connectivity index (χ3n) is 1.89. The minimum atomic E-state index is 0.0132. The molecule has 0 bridgehead atoms. The molecule has 4 heteroatoms. The van der Waals surface area contributed by atoms with Crippen LogP contribution in [0.3, 0.4) is 0 Å². The Morgan fingerprint density at radius 2 is 2.50 bits per heavy atom.